The minimum absolute atomic E-state index is 0.0409. The fraction of sp³-hybridized carbons (Fsp3) is 0.440. The minimum Gasteiger partial charge on any atom is -0.480 e. The third-order valence-electron chi connectivity index (χ3n) is 5.17. The van der Waals surface area contributed by atoms with E-state index in [1.165, 1.54) is 6.92 Å². The molecular formula is C25H33N3O7. The summed E-state index contributed by atoms with van der Waals surface area (Å²) in [5.41, 5.74) is 0.759. The number of carboxylic acids is 1. The summed E-state index contributed by atoms with van der Waals surface area (Å²) in [7, 11) is 0. The van der Waals surface area contributed by atoms with Crippen molar-refractivity contribution in [1.82, 2.24) is 15.5 Å². The molecule has 0 fully saturated rings. The van der Waals surface area contributed by atoms with E-state index < -0.39 is 36.7 Å². The van der Waals surface area contributed by atoms with Gasteiger partial charge in [-0.05, 0) is 22.3 Å². The molecule has 0 aliphatic carbocycles. The Morgan fingerprint density at radius 3 is 2.40 bits per heavy atom. The fourth-order valence-electron chi connectivity index (χ4n) is 3.57. The summed E-state index contributed by atoms with van der Waals surface area (Å²) in [6.07, 6.45) is -1.97. The van der Waals surface area contributed by atoms with Crippen molar-refractivity contribution in [2.75, 3.05) is 19.7 Å². The van der Waals surface area contributed by atoms with Gasteiger partial charge in [-0.2, -0.15) is 0 Å². The smallest absolute Gasteiger partial charge is 0.326 e. The highest BCUT2D eigenvalue weighted by Gasteiger charge is 2.29. The van der Waals surface area contributed by atoms with E-state index in [1.54, 1.807) is 0 Å². The summed E-state index contributed by atoms with van der Waals surface area (Å²) in [4.78, 5) is 48.9. The van der Waals surface area contributed by atoms with Crippen LogP contribution in [0.4, 0.5) is 4.79 Å². The van der Waals surface area contributed by atoms with Gasteiger partial charge in [0, 0.05) is 19.9 Å². The van der Waals surface area contributed by atoms with Crippen molar-refractivity contribution in [3.8, 4) is 0 Å². The minimum atomic E-state index is -1.52. The first kappa shape index (κ1) is 27.6. The molecule has 0 radical (unpaired) electrons. The Hall–Kier alpha value is -3.66. The zero-order valence-electron chi connectivity index (χ0n) is 20.2. The van der Waals surface area contributed by atoms with Crippen molar-refractivity contribution in [3.63, 3.8) is 0 Å². The molecule has 35 heavy (non-hydrogen) atoms. The highest BCUT2D eigenvalue weighted by Crippen LogP contribution is 2.20. The molecule has 0 aliphatic rings. The van der Waals surface area contributed by atoms with Gasteiger partial charge in [-0.15, -0.1) is 0 Å². The number of hydrogen-bond donors (Lipinski definition) is 4. The van der Waals surface area contributed by atoms with Gasteiger partial charge in [-0.3, -0.25) is 14.5 Å². The molecule has 190 valence electrons. The van der Waals surface area contributed by atoms with Crippen LogP contribution in [0.1, 0.15) is 32.8 Å². The van der Waals surface area contributed by atoms with Gasteiger partial charge in [0.05, 0.1) is 13.0 Å². The maximum absolute atomic E-state index is 13.0. The molecule has 0 saturated heterocycles. The van der Waals surface area contributed by atoms with Gasteiger partial charge in [0.1, 0.15) is 18.9 Å². The van der Waals surface area contributed by atoms with Crippen molar-refractivity contribution in [3.05, 3.63) is 48.0 Å². The Morgan fingerprint density at radius 1 is 1.06 bits per heavy atom. The number of carbonyl (C=O) groups is 4. The van der Waals surface area contributed by atoms with E-state index >= 15 is 0 Å². The molecule has 2 unspecified atom stereocenters. The van der Waals surface area contributed by atoms with E-state index in [9.17, 15) is 29.4 Å². The second-order valence-electron chi connectivity index (χ2n) is 8.62. The van der Waals surface area contributed by atoms with Gasteiger partial charge in [-0.25, -0.2) is 9.59 Å². The number of ether oxygens (including phenoxy) is 1. The Labute approximate surface area is 204 Å². The molecule has 10 nitrogen and oxygen atoms in total. The van der Waals surface area contributed by atoms with Crippen LogP contribution in [0.25, 0.3) is 10.8 Å². The Kier molecular flexibility index (Phi) is 10.5. The van der Waals surface area contributed by atoms with Gasteiger partial charge < -0.3 is 25.6 Å². The first-order chi connectivity index (χ1) is 16.6. The highest BCUT2D eigenvalue weighted by molar-refractivity contribution is 5.88. The number of nitrogens with one attached hydrogen (secondary N) is 2. The third kappa shape index (κ3) is 8.90. The Balaban J connectivity index is 2.08. The van der Waals surface area contributed by atoms with Crippen molar-refractivity contribution >= 4 is 34.6 Å². The molecule has 0 aromatic heterocycles. The molecular weight excluding hydrogens is 454 g/mol. The number of nitrogens with zero attached hydrogens (tertiary/aromatic N) is 1. The second kappa shape index (κ2) is 13.3. The lowest BCUT2D eigenvalue weighted by Crippen LogP contribution is -2.53. The van der Waals surface area contributed by atoms with Crippen molar-refractivity contribution in [2.24, 2.45) is 5.92 Å². The van der Waals surface area contributed by atoms with E-state index in [0.29, 0.717) is 0 Å². The molecule has 0 aliphatic heterocycles. The van der Waals surface area contributed by atoms with Gasteiger partial charge in [0.25, 0.3) is 0 Å². The Bertz CT molecular complexity index is 1040. The van der Waals surface area contributed by atoms with Crippen LogP contribution in [0.2, 0.25) is 0 Å². The average molecular weight is 488 g/mol. The summed E-state index contributed by atoms with van der Waals surface area (Å²) in [5, 5.41) is 27.1. The number of esters is 1. The summed E-state index contributed by atoms with van der Waals surface area (Å²) in [6, 6.07) is 11.1. The second-order valence-corrected chi connectivity index (χ2v) is 8.62. The Morgan fingerprint density at radius 2 is 1.74 bits per heavy atom. The van der Waals surface area contributed by atoms with Crippen LogP contribution >= 0.6 is 0 Å². The molecule has 2 atom stereocenters. The van der Waals surface area contributed by atoms with Crippen LogP contribution in [0.5, 0.6) is 0 Å². The lowest BCUT2D eigenvalue weighted by Gasteiger charge is -2.30. The molecule has 0 heterocycles. The molecule has 2 rings (SSSR count). The zero-order valence-corrected chi connectivity index (χ0v) is 20.2. The first-order valence-electron chi connectivity index (χ1n) is 11.4. The number of aliphatic carboxylic acids is 1. The lowest BCUT2D eigenvalue weighted by atomic mass is 9.99. The molecule has 0 spiro atoms. The van der Waals surface area contributed by atoms with E-state index in [2.05, 4.69) is 10.6 Å². The quantitative estimate of drug-likeness (QED) is 0.203. The van der Waals surface area contributed by atoms with Gasteiger partial charge in [0.15, 0.2) is 0 Å². The summed E-state index contributed by atoms with van der Waals surface area (Å²) >= 11 is 0. The van der Waals surface area contributed by atoms with Crippen molar-refractivity contribution in [2.45, 2.75) is 45.9 Å². The normalized spacial score (nSPS) is 12.6. The summed E-state index contributed by atoms with van der Waals surface area (Å²) in [6.45, 7) is 5.12. The van der Waals surface area contributed by atoms with Gasteiger partial charge in [0.2, 0.25) is 5.91 Å². The molecule has 2 aromatic carbocycles. The van der Waals surface area contributed by atoms with Crippen LogP contribution in [0.15, 0.2) is 42.5 Å². The van der Waals surface area contributed by atoms with E-state index in [-0.39, 0.29) is 37.9 Å². The SMILES string of the molecule is CC(=O)NCCOC(=O)CC(O)N(CC(C)C)C(=O)NC(Cc1cccc2ccccc12)C(=O)O. The van der Waals surface area contributed by atoms with Gasteiger partial charge >= 0.3 is 18.0 Å². The number of rotatable bonds is 12. The number of carbonyl (C=O) groups excluding carboxylic acids is 3. The van der Waals surface area contributed by atoms with Crippen LogP contribution in [0.3, 0.4) is 0 Å². The van der Waals surface area contributed by atoms with E-state index in [4.69, 9.17) is 4.74 Å². The van der Waals surface area contributed by atoms with Gasteiger partial charge in [-0.1, -0.05) is 56.3 Å². The zero-order chi connectivity index (χ0) is 26.0. The summed E-state index contributed by atoms with van der Waals surface area (Å²) in [5.74, 6) is -2.30. The molecule has 0 bridgehead atoms. The molecule has 3 amide bonds. The maximum atomic E-state index is 13.0. The predicted octanol–water partition coefficient (Wildman–Crippen LogP) is 1.89. The number of aliphatic hydroxyl groups is 1. The van der Waals surface area contributed by atoms with Crippen molar-refractivity contribution < 1.29 is 34.1 Å². The van der Waals surface area contributed by atoms with Crippen molar-refractivity contribution in [1.29, 1.82) is 0 Å². The topological polar surface area (TPSA) is 145 Å². The number of fused-ring (bicyclic) bond motifs is 1. The van der Waals surface area contributed by atoms with E-state index in [1.807, 2.05) is 56.3 Å². The molecule has 4 N–H and O–H groups in total. The largest absolute Gasteiger partial charge is 0.480 e. The number of amides is 3. The highest BCUT2D eigenvalue weighted by atomic mass is 16.5. The number of urea groups is 1. The van der Waals surface area contributed by atoms with Crippen LogP contribution in [-0.2, 0) is 25.5 Å². The lowest BCUT2D eigenvalue weighted by molar-refractivity contribution is -0.148. The van der Waals surface area contributed by atoms with E-state index in [0.717, 1.165) is 21.2 Å². The summed E-state index contributed by atoms with van der Waals surface area (Å²) < 4.78 is 4.97. The average Bonchev–Trinajstić information content (AvgIpc) is 2.79. The van der Waals surface area contributed by atoms with Crippen LogP contribution in [0, 0.1) is 5.92 Å². The van der Waals surface area contributed by atoms with Crippen LogP contribution < -0.4 is 10.6 Å². The fourth-order valence-corrected chi connectivity index (χ4v) is 3.57. The molecule has 2 aromatic rings. The molecule has 10 heteroatoms. The number of hydrogen-bond acceptors (Lipinski definition) is 6. The maximum Gasteiger partial charge on any atom is 0.326 e. The standard InChI is InChI=1S/C25H33N3O7/c1-16(2)15-28(22(30)14-23(31)35-12-11-26-17(3)29)25(34)27-21(24(32)33)13-19-9-6-8-18-7-4-5-10-20(18)19/h4-10,16,21-22,30H,11-15H2,1-3H3,(H,26,29)(H,27,34)(H,32,33). The number of carboxylic acid groups (broad SMARTS) is 1. The monoisotopic (exact) mass is 487 g/mol. The third-order valence-corrected chi connectivity index (χ3v) is 5.17. The van der Waals surface area contributed by atoms with Crippen LogP contribution in [-0.4, -0.2) is 71.0 Å². The predicted molar refractivity (Wildman–Crippen MR) is 129 cm³/mol. The number of benzene rings is 2. The number of aliphatic hydroxyl groups excluding tert-OH is 1. The first-order valence-corrected chi connectivity index (χ1v) is 11.4. The molecule has 0 saturated carbocycles.